The molecule has 2 saturated heterocycles. The van der Waals surface area contributed by atoms with Crippen LogP contribution in [0.5, 0.6) is 0 Å². The maximum atomic E-state index is 11.1. The molecule has 2 aliphatic rings. The van der Waals surface area contributed by atoms with Gasteiger partial charge in [-0.05, 0) is 0 Å². The van der Waals surface area contributed by atoms with Gasteiger partial charge in [0, 0.05) is 39.2 Å². The summed E-state index contributed by atoms with van der Waals surface area (Å²) in [6.07, 6.45) is 0. The molecule has 2 N–H and O–H groups in total. The maximum absolute atomic E-state index is 11.1. The minimum absolute atomic E-state index is 0. The summed E-state index contributed by atoms with van der Waals surface area (Å²) in [6, 6.07) is 1.84. The van der Waals surface area contributed by atoms with Gasteiger partial charge in [0.05, 0.1) is 26.4 Å². The van der Waals surface area contributed by atoms with Crippen molar-refractivity contribution in [3.05, 3.63) is 6.07 Å². The molecule has 0 radical (unpaired) electrons. The Morgan fingerprint density at radius 1 is 1.04 bits per heavy atom. The number of amides is 1. The molecule has 1 aromatic rings. The lowest BCUT2D eigenvalue weighted by molar-refractivity contribution is -0.118. The van der Waals surface area contributed by atoms with Crippen LogP contribution in [0.2, 0.25) is 0 Å². The molecule has 3 heterocycles. The van der Waals surface area contributed by atoms with Crippen molar-refractivity contribution in [2.45, 2.75) is 6.92 Å². The summed E-state index contributed by atoms with van der Waals surface area (Å²) in [7, 11) is 0. The summed E-state index contributed by atoms with van der Waals surface area (Å²) in [4.78, 5) is 24.6. The monoisotopic (exact) mass is 357 g/mol. The highest BCUT2D eigenvalue weighted by Gasteiger charge is 2.19. The summed E-state index contributed by atoms with van der Waals surface area (Å²) >= 11 is 0. The Balaban J connectivity index is 0.00000208. The second kappa shape index (κ2) is 8.86. The Morgan fingerprint density at radius 2 is 1.62 bits per heavy atom. The van der Waals surface area contributed by atoms with E-state index in [-0.39, 0.29) is 18.3 Å². The first-order valence-corrected chi connectivity index (χ1v) is 7.79. The van der Waals surface area contributed by atoms with Crippen LogP contribution in [-0.2, 0) is 14.3 Å². The van der Waals surface area contributed by atoms with Gasteiger partial charge in [-0.1, -0.05) is 0 Å². The van der Waals surface area contributed by atoms with Crippen molar-refractivity contribution in [1.29, 1.82) is 0 Å². The summed E-state index contributed by atoms with van der Waals surface area (Å²) in [6.45, 7) is 7.24. The van der Waals surface area contributed by atoms with E-state index in [4.69, 9.17) is 9.47 Å². The van der Waals surface area contributed by atoms with Crippen molar-refractivity contribution in [2.75, 3.05) is 67.8 Å². The van der Waals surface area contributed by atoms with Gasteiger partial charge >= 0.3 is 0 Å². The Hall–Kier alpha value is -1.84. The second-order valence-electron chi connectivity index (χ2n) is 5.42. The number of hydrazine groups is 1. The number of carbonyl (C=O) groups excluding carboxylic acids is 1. The fourth-order valence-corrected chi connectivity index (χ4v) is 2.50. The van der Waals surface area contributed by atoms with Gasteiger partial charge in [-0.25, -0.2) is 0 Å². The zero-order chi connectivity index (χ0) is 16.1. The summed E-state index contributed by atoms with van der Waals surface area (Å²) in [5.74, 6) is 1.87. The molecule has 1 amide bonds. The first-order valence-electron chi connectivity index (χ1n) is 7.79. The standard InChI is InChI=1S/C14H22N6O3.ClH/c1-11(21)17-18-12-10-13(19-2-6-22-7-3-19)16-14(15-12)20-4-8-23-9-5-20;/h10H,2-9H2,1H3,(H,17,21)(H,15,16,18);1H/p-1. The minimum Gasteiger partial charge on any atom is -1.00 e. The summed E-state index contributed by atoms with van der Waals surface area (Å²) in [5, 5.41) is 0. The van der Waals surface area contributed by atoms with Crippen molar-refractivity contribution in [3.8, 4) is 0 Å². The number of rotatable bonds is 4. The predicted octanol–water partition coefficient (Wildman–Crippen LogP) is -3.38. The van der Waals surface area contributed by atoms with E-state index in [1.807, 2.05) is 6.07 Å². The molecule has 24 heavy (non-hydrogen) atoms. The van der Waals surface area contributed by atoms with Crippen LogP contribution in [0.4, 0.5) is 17.6 Å². The summed E-state index contributed by atoms with van der Waals surface area (Å²) < 4.78 is 10.8. The van der Waals surface area contributed by atoms with E-state index >= 15 is 0 Å². The molecule has 0 unspecified atom stereocenters. The topological polar surface area (TPSA) is 91.9 Å². The number of aromatic nitrogens is 2. The van der Waals surface area contributed by atoms with Crippen LogP contribution in [0.15, 0.2) is 6.07 Å². The number of morpholine rings is 2. The van der Waals surface area contributed by atoms with Gasteiger partial charge in [0.25, 0.3) is 0 Å². The quantitative estimate of drug-likeness (QED) is 0.539. The van der Waals surface area contributed by atoms with Gasteiger partial charge in [-0.15, -0.1) is 0 Å². The highest BCUT2D eigenvalue weighted by atomic mass is 35.5. The highest BCUT2D eigenvalue weighted by molar-refractivity contribution is 5.74. The fraction of sp³-hybridized carbons (Fsp3) is 0.643. The normalized spacial score (nSPS) is 17.9. The third-order valence-corrected chi connectivity index (χ3v) is 3.70. The van der Waals surface area contributed by atoms with Crippen LogP contribution in [-0.4, -0.2) is 68.5 Å². The van der Waals surface area contributed by atoms with E-state index in [0.29, 0.717) is 38.2 Å². The van der Waals surface area contributed by atoms with E-state index in [0.717, 1.165) is 32.0 Å². The van der Waals surface area contributed by atoms with Crippen molar-refractivity contribution in [1.82, 2.24) is 15.4 Å². The third-order valence-electron chi connectivity index (χ3n) is 3.70. The van der Waals surface area contributed by atoms with E-state index in [2.05, 4.69) is 30.6 Å². The molecule has 1 aromatic heterocycles. The molecule has 0 bridgehead atoms. The molecular weight excluding hydrogens is 336 g/mol. The number of halogens is 1. The number of anilines is 3. The van der Waals surface area contributed by atoms with Gasteiger partial charge in [0.2, 0.25) is 11.9 Å². The van der Waals surface area contributed by atoms with Crippen molar-refractivity contribution < 1.29 is 26.7 Å². The molecular formula is C14H22ClN6O3-. The SMILES string of the molecule is CC(=O)NNc1cc(N2CCOCC2)nc(N2CCOCC2)n1.[Cl-]. The molecule has 9 nitrogen and oxygen atoms in total. The maximum Gasteiger partial charge on any atom is 0.235 e. The smallest absolute Gasteiger partial charge is 0.235 e. The minimum atomic E-state index is -0.176. The van der Waals surface area contributed by atoms with E-state index < -0.39 is 0 Å². The first kappa shape index (κ1) is 18.5. The second-order valence-corrected chi connectivity index (χ2v) is 5.42. The Bertz CT molecular complexity index is 513. The molecule has 10 heteroatoms. The lowest BCUT2D eigenvalue weighted by atomic mass is 10.4. The summed E-state index contributed by atoms with van der Waals surface area (Å²) in [5.41, 5.74) is 5.39. The van der Waals surface area contributed by atoms with Gasteiger partial charge in [0.1, 0.15) is 5.82 Å². The number of carbonyl (C=O) groups is 1. The third kappa shape index (κ3) is 4.83. The van der Waals surface area contributed by atoms with Crippen molar-refractivity contribution in [2.24, 2.45) is 0 Å². The zero-order valence-corrected chi connectivity index (χ0v) is 14.4. The molecule has 0 aliphatic carbocycles. The van der Waals surface area contributed by atoms with Gasteiger partial charge in [-0.2, -0.15) is 9.97 Å². The molecule has 0 saturated carbocycles. The Kier molecular flexibility index (Phi) is 6.83. The molecule has 0 spiro atoms. The molecule has 0 aromatic carbocycles. The molecule has 134 valence electrons. The highest BCUT2D eigenvalue weighted by Crippen LogP contribution is 2.21. The van der Waals surface area contributed by atoms with Crippen LogP contribution in [0.3, 0.4) is 0 Å². The molecule has 2 aliphatic heterocycles. The van der Waals surface area contributed by atoms with Gasteiger partial charge in [0.15, 0.2) is 5.82 Å². The lowest BCUT2D eigenvalue weighted by Gasteiger charge is -2.31. The van der Waals surface area contributed by atoms with Gasteiger partial charge in [-0.3, -0.25) is 15.6 Å². The molecule has 2 fully saturated rings. The number of nitrogens with one attached hydrogen (secondary N) is 2. The predicted molar refractivity (Wildman–Crippen MR) is 85.5 cm³/mol. The van der Waals surface area contributed by atoms with Gasteiger partial charge < -0.3 is 31.7 Å². The lowest BCUT2D eigenvalue weighted by Crippen LogP contribution is -3.00. The number of nitrogens with zero attached hydrogens (tertiary/aromatic N) is 4. The Labute approximate surface area is 147 Å². The van der Waals surface area contributed by atoms with Crippen LogP contribution in [0.1, 0.15) is 6.92 Å². The zero-order valence-electron chi connectivity index (χ0n) is 13.6. The largest absolute Gasteiger partial charge is 1.00 e. The molecule has 0 atom stereocenters. The fourth-order valence-electron chi connectivity index (χ4n) is 2.50. The van der Waals surface area contributed by atoms with Crippen molar-refractivity contribution in [3.63, 3.8) is 0 Å². The van der Waals surface area contributed by atoms with Crippen LogP contribution in [0, 0.1) is 0 Å². The number of hydrogen-bond donors (Lipinski definition) is 2. The first-order chi connectivity index (χ1) is 11.2. The van der Waals surface area contributed by atoms with Crippen LogP contribution in [0.25, 0.3) is 0 Å². The van der Waals surface area contributed by atoms with E-state index in [1.165, 1.54) is 6.92 Å². The van der Waals surface area contributed by atoms with Crippen LogP contribution < -0.4 is 33.1 Å². The Morgan fingerprint density at radius 3 is 2.21 bits per heavy atom. The van der Waals surface area contributed by atoms with Crippen molar-refractivity contribution >= 4 is 23.5 Å². The molecule has 3 rings (SSSR count). The number of hydrogen-bond acceptors (Lipinski definition) is 8. The number of ether oxygens (including phenoxy) is 2. The van der Waals surface area contributed by atoms with Crippen LogP contribution >= 0.6 is 0 Å². The average molecular weight is 358 g/mol. The average Bonchev–Trinajstić information content (AvgIpc) is 2.61. The van der Waals surface area contributed by atoms with E-state index in [9.17, 15) is 4.79 Å². The van der Waals surface area contributed by atoms with E-state index in [1.54, 1.807) is 0 Å².